The van der Waals surface area contributed by atoms with E-state index in [0.717, 1.165) is 0 Å². The van der Waals surface area contributed by atoms with E-state index in [1.165, 1.54) is 119 Å². The molecule has 0 saturated heterocycles. The quantitative estimate of drug-likeness (QED) is 0.0171. The normalized spacial score (nSPS) is 14.2. The third-order valence-electron chi connectivity index (χ3n) is 15.7. The molecular formula is C60H72N30O11. The Hall–Kier alpha value is -13.2. The fourth-order valence-electron chi connectivity index (χ4n) is 10.6. The number of carboxylic acids is 1. The fraction of sp³-hybridized carbons (Fsp3) is 0.333. The Morgan fingerprint density at radius 2 is 0.386 bits per heavy atom. The minimum atomic E-state index is -1.59. The van der Waals surface area contributed by atoms with Crippen LogP contribution in [0.1, 0.15) is 56.9 Å². The summed E-state index contributed by atoms with van der Waals surface area (Å²) >= 11 is 0. The second-order valence-corrected chi connectivity index (χ2v) is 23.1. The van der Waals surface area contributed by atoms with E-state index in [4.69, 9.17) is 5.73 Å². The van der Waals surface area contributed by atoms with Gasteiger partial charge in [-0.1, -0.05) is 0 Å². The number of hydrogen-bond donors (Lipinski definition) is 21. The zero-order valence-corrected chi connectivity index (χ0v) is 53.5. The molecule has 10 aromatic heterocycles. The Balaban J connectivity index is 0.877. The summed E-state index contributed by atoms with van der Waals surface area (Å²) in [4.78, 5) is 214. The predicted octanol–water partition coefficient (Wildman–Crippen LogP) is -5.58. The number of nitrogens with two attached hydrogens (primary N) is 1. The van der Waals surface area contributed by atoms with Gasteiger partial charge in [-0.2, -0.15) is 0 Å². The molecular weight excluding hydrogens is 1320 g/mol. The summed E-state index contributed by atoms with van der Waals surface area (Å²) in [5.74, 6) is -9.52. The van der Waals surface area contributed by atoms with Gasteiger partial charge in [-0.05, 0) is 0 Å². The van der Waals surface area contributed by atoms with Crippen LogP contribution in [0.3, 0.4) is 0 Å². The lowest BCUT2D eigenvalue weighted by Crippen LogP contribution is -2.62. The number of aromatic nitrogens is 20. The van der Waals surface area contributed by atoms with Crippen LogP contribution in [0.5, 0.6) is 0 Å². The second kappa shape index (κ2) is 34.6. The van der Waals surface area contributed by atoms with Crippen molar-refractivity contribution in [3.8, 4) is 0 Å². The van der Waals surface area contributed by atoms with Crippen LogP contribution in [0.25, 0.3) is 0 Å². The molecule has 0 aromatic carbocycles. The summed E-state index contributed by atoms with van der Waals surface area (Å²) in [5, 5.41) is 34.1. The lowest BCUT2D eigenvalue weighted by atomic mass is 10.0. The summed E-state index contributed by atoms with van der Waals surface area (Å²) < 4.78 is 0. The average molecular weight is 1390 g/mol. The lowest BCUT2D eigenvalue weighted by molar-refractivity contribution is -0.142. The fourth-order valence-corrected chi connectivity index (χ4v) is 10.6. The lowest BCUT2D eigenvalue weighted by Gasteiger charge is -2.28. The Bertz CT molecular complexity index is 4200. The first kappa shape index (κ1) is 70.6. The number of nitrogens with zero attached hydrogens (tertiary/aromatic N) is 10. The number of aliphatic carboxylic acids is 1. The first-order valence-electron chi connectivity index (χ1n) is 31.4. The number of carbonyl (C=O) groups is 10. The molecule has 10 aromatic rings. The van der Waals surface area contributed by atoms with Gasteiger partial charge in [0, 0.05) is 126 Å². The molecule has 0 saturated carbocycles. The molecule has 101 heavy (non-hydrogen) atoms. The van der Waals surface area contributed by atoms with Crippen molar-refractivity contribution < 1.29 is 53.1 Å². The van der Waals surface area contributed by atoms with Crippen LogP contribution < -0.4 is 53.6 Å². The summed E-state index contributed by atoms with van der Waals surface area (Å²) in [6.45, 7) is 0. The smallest absolute Gasteiger partial charge is 0.326 e. The first-order valence-corrected chi connectivity index (χ1v) is 31.4. The van der Waals surface area contributed by atoms with Crippen molar-refractivity contribution in [1.29, 1.82) is 0 Å². The van der Waals surface area contributed by atoms with E-state index in [-0.39, 0.29) is 92.7 Å². The van der Waals surface area contributed by atoms with Gasteiger partial charge < -0.3 is 109 Å². The molecule has 0 aliphatic rings. The molecule has 41 heteroatoms. The first-order chi connectivity index (χ1) is 48.9. The highest BCUT2D eigenvalue weighted by Gasteiger charge is 2.38. The number of nitrogens with one attached hydrogen (secondary N) is 19. The van der Waals surface area contributed by atoms with Gasteiger partial charge in [-0.25, -0.2) is 54.6 Å². The Morgan fingerprint density at radius 3 is 0.535 bits per heavy atom. The minimum Gasteiger partial charge on any atom is -0.480 e. The number of H-pyrrole nitrogens is 10. The van der Waals surface area contributed by atoms with Crippen LogP contribution >= 0.6 is 0 Å². The van der Waals surface area contributed by atoms with Gasteiger partial charge in [0.25, 0.3) is 0 Å². The van der Waals surface area contributed by atoms with Crippen LogP contribution in [0, 0.1) is 0 Å². The molecule has 41 nitrogen and oxygen atoms in total. The van der Waals surface area contributed by atoms with Crippen LogP contribution in [0.15, 0.2) is 125 Å². The number of carboxylic acid groups (broad SMARTS) is 1. The van der Waals surface area contributed by atoms with Gasteiger partial charge in [0.1, 0.15) is 54.4 Å². The van der Waals surface area contributed by atoms with Crippen molar-refractivity contribution in [3.05, 3.63) is 182 Å². The molecule has 0 aliphatic heterocycles. The molecule has 0 spiro atoms. The SMILES string of the molecule is N[C@@H](Cc1c[nH]cn1)C(=O)N[C@@H](Cc1c[nH]cn1)C(=O)N[C@@H](Cc1c[nH]cn1)C(=O)N[C@@H](Cc1c[nH]cn1)C(=O)N[C@@H](Cc1c[nH]cn1)C(=O)N[C@@H](Cc1c[nH]cn1)C(=O)N[C@@H](Cc1c[nH]cn1)C(=O)N[C@@H](Cc1c[nH]cn1)C(=O)N[C@@H](Cc1c[nH]cn1)C(=O)N[C@@H](Cc1c[nH]cn1)C(=O)O. The van der Waals surface area contributed by atoms with Gasteiger partial charge in [-0.15, -0.1) is 0 Å². The zero-order valence-electron chi connectivity index (χ0n) is 53.5. The molecule has 10 atom stereocenters. The van der Waals surface area contributed by atoms with Crippen LogP contribution in [-0.2, 0) is 112 Å². The summed E-state index contributed by atoms with van der Waals surface area (Å²) in [7, 11) is 0. The molecule has 0 unspecified atom stereocenters. The summed E-state index contributed by atoms with van der Waals surface area (Å²) in [5.41, 5.74) is 9.42. The molecule has 0 aliphatic carbocycles. The molecule has 9 amide bonds. The highest BCUT2D eigenvalue weighted by molar-refractivity contribution is 5.99. The largest absolute Gasteiger partial charge is 0.480 e. The Labute approximate surface area is 570 Å². The third kappa shape index (κ3) is 20.9. The number of carbonyl (C=O) groups excluding carboxylic acids is 9. The number of amides is 9. The molecule has 22 N–H and O–H groups in total. The number of rotatable bonds is 39. The summed E-state index contributed by atoms with van der Waals surface area (Å²) in [6, 6.07) is -14.8. The van der Waals surface area contributed by atoms with E-state index in [1.807, 2.05) is 0 Å². The van der Waals surface area contributed by atoms with Crippen LogP contribution in [0.2, 0.25) is 0 Å². The molecule has 10 rings (SSSR count). The van der Waals surface area contributed by atoms with Gasteiger partial charge in [0.05, 0.1) is 126 Å². The highest BCUT2D eigenvalue weighted by Crippen LogP contribution is 2.13. The van der Waals surface area contributed by atoms with Crippen LogP contribution in [-0.4, -0.2) is 224 Å². The van der Waals surface area contributed by atoms with Crippen LogP contribution in [0.4, 0.5) is 0 Å². The summed E-state index contributed by atoms with van der Waals surface area (Å²) in [6.07, 6.45) is 26.0. The molecule has 10 heterocycles. The number of aromatic amines is 10. The monoisotopic (exact) mass is 1390 g/mol. The average Bonchev–Trinajstić information content (AvgIpc) is 1.87. The maximum Gasteiger partial charge on any atom is 0.326 e. The van der Waals surface area contributed by atoms with Crippen molar-refractivity contribution in [2.75, 3.05) is 0 Å². The van der Waals surface area contributed by atoms with Crippen molar-refractivity contribution in [3.63, 3.8) is 0 Å². The van der Waals surface area contributed by atoms with Gasteiger partial charge in [0.2, 0.25) is 53.2 Å². The Morgan fingerprint density at radius 1 is 0.248 bits per heavy atom. The van der Waals surface area contributed by atoms with Gasteiger partial charge in [-0.3, -0.25) is 43.2 Å². The molecule has 0 bridgehead atoms. The molecule has 0 radical (unpaired) electrons. The predicted molar refractivity (Wildman–Crippen MR) is 346 cm³/mol. The van der Waals surface area contributed by atoms with E-state index in [9.17, 15) is 43.5 Å². The maximum atomic E-state index is 15.0. The minimum absolute atomic E-state index is 0.0220. The number of hydrogen-bond acceptors (Lipinski definition) is 21. The molecule has 0 fully saturated rings. The van der Waals surface area contributed by atoms with Gasteiger partial charge in [0.15, 0.2) is 0 Å². The van der Waals surface area contributed by atoms with E-state index < -0.39 is 120 Å². The standard InChI is InChI=1S/C60H72N30O11/c61-41(1-31-11-62-21-72-31)51(91)82-42(2-32-12-63-22-73-32)52(92)83-43(3-33-13-64-23-74-33)53(93)84-44(4-34-14-65-24-75-34)54(94)85-45(5-35-15-66-25-76-35)55(95)86-46(6-36-16-67-26-77-36)56(96)87-47(7-37-17-68-27-78-37)57(97)88-48(8-38-18-69-28-79-38)58(98)89-49(9-39-19-70-29-80-39)59(99)90-50(60(100)101)10-40-20-71-30-81-40/h11-30,41-50H,1-10,61H2,(H,62,72)(H,63,73)(H,64,74)(H,65,75)(H,66,76)(H,67,77)(H,68,78)(H,69,79)(H,70,80)(H,71,81)(H,82,91)(H,83,92)(H,84,93)(H,85,94)(H,86,95)(H,87,96)(H,88,97)(H,89,98)(H,90,99)(H,100,101)/t41-,42-,43-,44-,45-,46-,47-,48-,49-,50-/m0/s1. The van der Waals surface area contributed by atoms with E-state index in [1.54, 1.807) is 6.20 Å². The maximum absolute atomic E-state index is 15.0. The van der Waals surface area contributed by atoms with Crippen molar-refractivity contribution in [1.82, 2.24) is 148 Å². The zero-order chi connectivity index (χ0) is 71.0. The topological polar surface area (TPSA) is 612 Å². The Kier molecular flexibility index (Phi) is 24.2. The van der Waals surface area contributed by atoms with E-state index in [2.05, 4.69) is 148 Å². The van der Waals surface area contributed by atoms with Crippen molar-refractivity contribution >= 4 is 59.1 Å². The van der Waals surface area contributed by atoms with E-state index >= 15 is 9.59 Å². The highest BCUT2D eigenvalue weighted by atomic mass is 16.4. The van der Waals surface area contributed by atoms with Gasteiger partial charge >= 0.3 is 5.97 Å². The molecule has 528 valence electrons. The third-order valence-corrected chi connectivity index (χ3v) is 15.7. The second-order valence-electron chi connectivity index (χ2n) is 23.1. The van der Waals surface area contributed by atoms with Crippen molar-refractivity contribution in [2.24, 2.45) is 5.73 Å². The number of imidazole rings is 10. The van der Waals surface area contributed by atoms with E-state index in [0.29, 0.717) is 28.5 Å². The van der Waals surface area contributed by atoms with Crippen molar-refractivity contribution in [2.45, 2.75) is 125 Å².